The van der Waals surface area contributed by atoms with Gasteiger partial charge in [-0.2, -0.15) is 0 Å². The maximum absolute atomic E-state index is 3.73. The first-order valence-corrected chi connectivity index (χ1v) is 7.02. The predicted octanol–water partition coefficient (Wildman–Crippen LogP) is 4.68. The highest BCUT2D eigenvalue weighted by Crippen LogP contribution is 2.29. The lowest BCUT2D eigenvalue weighted by molar-refractivity contribution is 0.327. The monoisotopic (exact) mass is 231 g/mol. The molecular formula is C16H25N. The third-order valence-corrected chi connectivity index (χ3v) is 3.95. The van der Waals surface area contributed by atoms with E-state index in [1.165, 1.54) is 48.9 Å². The molecule has 1 fully saturated rings. The van der Waals surface area contributed by atoms with Gasteiger partial charge in [0.15, 0.2) is 0 Å². The molecule has 17 heavy (non-hydrogen) atoms. The molecule has 2 rings (SSSR count). The highest BCUT2D eigenvalue weighted by Gasteiger charge is 2.20. The van der Waals surface area contributed by atoms with Crippen molar-refractivity contribution >= 4 is 5.69 Å². The predicted molar refractivity (Wildman–Crippen MR) is 75.6 cm³/mol. The largest absolute Gasteiger partial charge is 0.382 e. The van der Waals surface area contributed by atoms with Crippen molar-refractivity contribution in [3.8, 4) is 0 Å². The molecule has 1 aromatic carbocycles. The van der Waals surface area contributed by atoms with Gasteiger partial charge in [-0.3, -0.25) is 0 Å². The van der Waals surface area contributed by atoms with Crippen LogP contribution < -0.4 is 5.32 Å². The normalized spacial score (nSPS) is 24.6. The van der Waals surface area contributed by atoms with E-state index in [9.17, 15) is 0 Å². The molecule has 0 saturated heterocycles. The Kier molecular flexibility index (Phi) is 4.09. The average Bonchev–Trinajstić information content (AvgIpc) is 2.28. The Morgan fingerprint density at radius 2 is 1.82 bits per heavy atom. The van der Waals surface area contributed by atoms with Gasteiger partial charge in [-0.25, -0.2) is 0 Å². The molecule has 0 radical (unpaired) electrons. The molecule has 1 N–H and O–H groups in total. The van der Waals surface area contributed by atoms with E-state index in [2.05, 4.69) is 44.3 Å². The summed E-state index contributed by atoms with van der Waals surface area (Å²) in [6.07, 6.45) is 6.85. The first-order chi connectivity index (χ1) is 8.17. The van der Waals surface area contributed by atoms with Crippen LogP contribution in [0, 0.1) is 19.8 Å². The molecule has 2 unspecified atom stereocenters. The second kappa shape index (κ2) is 5.57. The topological polar surface area (TPSA) is 12.0 Å². The lowest BCUT2D eigenvalue weighted by Gasteiger charge is -2.30. The Morgan fingerprint density at radius 1 is 1.12 bits per heavy atom. The highest BCUT2D eigenvalue weighted by molar-refractivity contribution is 5.49. The number of nitrogens with one attached hydrogen (secondary N) is 1. The van der Waals surface area contributed by atoms with Gasteiger partial charge in [-0.05, 0) is 55.9 Å². The molecule has 2 atom stereocenters. The molecule has 1 heteroatoms. The van der Waals surface area contributed by atoms with Crippen molar-refractivity contribution in [3.05, 3.63) is 29.3 Å². The van der Waals surface area contributed by atoms with Gasteiger partial charge in [-0.1, -0.05) is 32.3 Å². The van der Waals surface area contributed by atoms with E-state index in [0.717, 1.165) is 5.92 Å². The van der Waals surface area contributed by atoms with Crippen LogP contribution in [0.25, 0.3) is 0 Å². The Labute approximate surface area is 106 Å². The minimum absolute atomic E-state index is 0.690. The quantitative estimate of drug-likeness (QED) is 0.796. The van der Waals surface area contributed by atoms with Crippen LogP contribution in [0.15, 0.2) is 18.2 Å². The fraction of sp³-hybridized carbons (Fsp3) is 0.625. The van der Waals surface area contributed by atoms with Crippen molar-refractivity contribution in [3.63, 3.8) is 0 Å². The summed E-state index contributed by atoms with van der Waals surface area (Å²) in [5, 5.41) is 3.73. The van der Waals surface area contributed by atoms with Gasteiger partial charge in [0.2, 0.25) is 0 Å². The minimum atomic E-state index is 0.690. The zero-order valence-corrected chi connectivity index (χ0v) is 11.4. The summed E-state index contributed by atoms with van der Waals surface area (Å²) in [6.45, 7) is 6.67. The summed E-state index contributed by atoms with van der Waals surface area (Å²) in [5.74, 6) is 0.937. The van der Waals surface area contributed by atoms with E-state index in [-0.39, 0.29) is 0 Å². The molecule has 94 valence electrons. The van der Waals surface area contributed by atoms with Crippen LogP contribution in [0.4, 0.5) is 5.69 Å². The molecule has 0 bridgehead atoms. The number of anilines is 1. The third kappa shape index (κ3) is 3.49. The summed E-state index contributed by atoms with van der Waals surface area (Å²) >= 11 is 0. The summed E-state index contributed by atoms with van der Waals surface area (Å²) in [7, 11) is 0. The first-order valence-electron chi connectivity index (χ1n) is 7.02. The fourth-order valence-electron chi connectivity index (χ4n) is 3.09. The first kappa shape index (κ1) is 12.5. The highest BCUT2D eigenvalue weighted by atomic mass is 14.9. The zero-order valence-electron chi connectivity index (χ0n) is 11.4. The van der Waals surface area contributed by atoms with Crippen molar-refractivity contribution in [2.45, 2.75) is 58.9 Å². The van der Waals surface area contributed by atoms with Crippen LogP contribution >= 0.6 is 0 Å². The Morgan fingerprint density at radius 3 is 2.47 bits per heavy atom. The van der Waals surface area contributed by atoms with E-state index in [4.69, 9.17) is 0 Å². The number of benzene rings is 1. The minimum Gasteiger partial charge on any atom is -0.382 e. The van der Waals surface area contributed by atoms with Crippen molar-refractivity contribution in [2.24, 2.45) is 5.92 Å². The molecule has 1 saturated carbocycles. The van der Waals surface area contributed by atoms with Gasteiger partial charge in [0, 0.05) is 11.7 Å². The molecule has 0 heterocycles. The molecule has 1 aromatic rings. The molecular weight excluding hydrogens is 206 g/mol. The van der Waals surface area contributed by atoms with E-state index >= 15 is 0 Å². The second-order valence-electron chi connectivity index (χ2n) is 5.66. The van der Waals surface area contributed by atoms with Gasteiger partial charge < -0.3 is 5.32 Å². The van der Waals surface area contributed by atoms with Gasteiger partial charge in [0.05, 0.1) is 0 Å². The Bertz CT molecular complexity index is 350. The molecule has 1 nitrogen and oxygen atoms in total. The summed E-state index contributed by atoms with van der Waals surface area (Å²) in [5.41, 5.74) is 4.02. The van der Waals surface area contributed by atoms with Crippen LogP contribution in [0.2, 0.25) is 0 Å². The number of hydrogen-bond acceptors (Lipinski definition) is 1. The average molecular weight is 231 g/mol. The second-order valence-corrected chi connectivity index (χ2v) is 5.66. The summed E-state index contributed by atoms with van der Waals surface area (Å²) in [4.78, 5) is 0. The fourth-order valence-corrected chi connectivity index (χ4v) is 3.09. The summed E-state index contributed by atoms with van der Waals surface area (Å²) in [6, 6.07) is 7.46. The number of rotatable bonds is 3. The van der Waals surface area contributed by atoms with Crippen LogP contribution in [-0.2, 0) is 0 Å². The lowest BCUT2D eigenvalue weighted by atomic mass is 9.84. The van der Waals surface area contributed by atoms with Crippen LogP contribution in [0.1, 0.15) is 50.2 Å². The Hall–Kier alpha value is -0.980. The van der Waals surface area contributed by atoms with Crippen LogP contribution in [0.3, 0.4) is 0 Å². The van der Waals surface area contributed by atoms with Gasteiger partial charge >= 0.3 is 0 Å². The lowest BCUT2D eigenvalue weighted by Crippen LogP contribution is -2.27. The molecule has 1 aliphatic rings. The SMILES string of the molecule is CCC1CCCC(Nc2cc(C)cc(C)c2)C1. The number of hydrogen-bond donors (Lipinski definition) is 1. The maximum Gasteiger partial charge on any atom is 0.0347 e. The molecule has 0 amide bonds. The van der Waals surface area contributed by atoms with Crippen molar-refractivity contribution in [2.75, 3.05) is 5.32 Å². The van der Waals surface area contributed by atoms with E-state index in [1.807, 2.05) is 0 Å². The van der Waals surface area contributed by atoms with Crippen molar-refractivity contribution in [1.82, 2.24) is 0 Å². The van der Waals surface area contributed by atoms with E-state index in [1.54, 1.807) is 0 Å². The standard InChI is InChI=1S/C16H25N/c1-4-14-6-5-7-15(11-14)17-16-9-12(2)8-13(3)10-16/h8-10,14-15,17H,4-7,11H2,1-3H3. The van der Waals surface area contributed by atoms with E-state index in [0.29, 0.717) is 6.04 Å². The van der Waals surface area contributed by atoms with E-state index < -0.39 is 0 Å². The maximum atomic E-state index is 3.73. The number of aryl methyl sites for hydroxylation is 2. The zero-order chi connectivity index (χ0) is 12.3. The molecule has 0 aromatic heterocycles. The molecule has 0 aliphatic heterocycles. The van der Waals surface area contributed by atoms with Gasteiger partial charge in [0.25, 0.3) is 0 Å². The third-order valence-electron chi connectivity index (χ3n) is 3.95. The Balaban J connectivity index is 2.00. The van der Waals surface area contributed by atoms with Crippen LogP contribution in [0.5, 0.6) is 0 Å². The molecule has 0 spiro atoms. The van der Waals surface area contributed by atoms with Crippen molar-refractivity contribution < 1.29 is 0 Å². The van der Waals surface area contributed by atoms with Crippen LogP contribution in [-0.4, -0.2) is 6.04 Å². The van der Waals surface area contributed by atoms with Crippen molar-refractivity contribution in [1.29, 1.82) is 0 Å². The smallest absolute Gasteiger partial charge is 0.0347 e. The van der Waals surface area contributed by atoms with Gasteiger partial charge in [0.1, 0.15) is 0 Å². The van der Waals surface area contributed by atoms with Gasteiger partial charge in [-0.15, -0.1) is 0 Å². The molecule has 1 aliphatic carbocycles. The summed E-state index contributed by atoms with van der Waals surface area (Å²) < 4.78 is 0.